The predicted octanol–water partition coefficient (Wildman–Crippen LogP) is 11.9. The minimum absolute atomic E-state index is 0.130. The number of carbonyl (C=O) groups excluding carboxylic acids is 2. The Hall–Kier alpha value is -3.34. The molecule has 0 aromatic carbocycles. The fourth-order valence-corrected chi connectivity index (χ4v) is 6.44. The number of aliphatic hydroxyl groups is 1. The largest absolute Gasteiger partial charge is 0.480 e. The highest BCUT2D eigenvalue weighted by atomic mass is 31.2. The van der Waals surface area contributed by atoms with Crippen LogP contribution in [0.25, 0.3) is 0 Å². The molecule has 0 radical (unpaired) electrons. The summed E-state index contributed by atoms with van der Waals surface area (Å²) in [6, 6.07) is -1.56. The quantitative estimate of drug-likeness (QED) is 0.0201. The van der Waals surface area contributed by atoms with Crippen molar-refractivity contribution in [3.8, 4) is 0 Å². The van der Waals surface area contributed by atoms with Crippen LogP contribution in [-0.2, 0) is 32.7 Å². The summed E-state index contributed by atoms with van der Waals surface area (Å²) < 4.78 is 26.8. The monoisotopic (exact) mass is 862 g/mol. The summed E-state index contributed by atoms with van der Waals surface area (Å²) in [4.78, 5) is 46.0. The van der Waals surface area contributed by atoms with E-state index in [4.69, 9.17) is 13.8 Å². The lowest BCUT2D eigenvalue weighted by atomic mass is 10.1. The number of carboxylic acids is 1. The first kappa shape index (κ1) is 56.7. The average Bonchev–Trinajstić information content (AvgIpc) is 3.22. The van der Waals surface area contributed by atoms with Crippen molar-refractivity contribution in [3.63, 3.8) is 0 Å². The van der Waals surface area contributed by atoms with Gasteiger partial charge in [-0.1, -0.05) is 150 Å². The molecule has 0 aliphatic heterocycles. The molecule has 0 spiro atoms. The number of aliphatic carboxylic acids is 1. The van der Waals surface area contributed by atoms with Gasteiger partial charge in [-0.2, -0.15) is 0 Å². The van der Waals surface area contributed by atoms with Gasteiger partial charge in [-0.05, 0) is 89.9 Å². The van der Waals surface area contributed by atoms with Crippen molar-refractivity contribution in [2.24, 2.45) is 0 Å². The fraction of sp³-hybridized carbons (Fsp3) is 0.646. The van der Waals surface area contributed by atoms with Crippen LogP contribution < -0.4 is 5.32 Å². The minimum atomic E-state index is -4.77. The Morgan fingerprint density at radius 3 is 1.47 bits per heavy atom. The average molecular weight is 862 g/mol. The van der Waals surface area contributed by atoms with Crippen molar-refractivity contribution in [2.45, 2.75) is 180 Å². The maximum Gasteiger partial charge on any atom is 0.472 e. The van der Waals surface area contributed by atoms with Crippen LogP contribution in [0.2, 0.25) is 0 Å². The number of amides is 1. The standard InChI is InChI=1S/C48H80NO10P/c1-3-5-7-9-11-13-15-17-19-21-22-24-26-28-30-32-34-36-38-40-47(52)57-41-44(50)42-58-60(55,56)59-43-45(48(53)54)49-46(51)39-37-35-33-31-29-27-25-23-20-18-16-14-12-10-8-6-4-2/h5,7,11-14,17-20,22,24,28,30,44-45,50H,3-4,6,8-10,15-16,21,23,25-27,29,31-43H2,1-2H3,(H,49,51)(H,53,54)(H,55,56)/b7-5-,13-11-,14-12-,19-17-,20-18-,24-22-,30-28-. The van der Waals surface area contributed by atoms with Gasteiger partial charge in [0.25, 0.3) is 0 Å². The summed E-state index contributed by atoms with van der Waals surface area (Å²) >= 11 is 0. The SMILES string of the molecule is CC/C=C\C/C=C\C/C=C\C/C=C\C/C=C\CCCCCC(=O)OCC(O)COP(=O)(O)OCC(NC(=O)CCCCCCCCC/C=C\C/C=C\CCCCC)C(=O)O. The molecular weight excluding hydrogens is 781 g/mol. The molecule has 0 aliphatic rings. The maximum atomic E-state index is 12.3. The van der Waals surface area contributed by atoms with Crippen LogP contribution in [0.4, 0.5) is 0 Å². The third-order valence-electron chi connectivity index (χ3n) is 9.17. The molecular formula is C48H80NO10P. The zero-order valence-corrected chi connectivity index (χ0v) is 37.9. The third kappa shape index (κ3) is 41.4. The first-order chi connectivity index (χ1) is 29.1. The van der Waals surface area contributed by atoms with Gasteiger partial charge in [0.2, 0.25) is 5.91 Å². The van der Waals surface area contributed by atoms with Crippen LogP contribution in [0, 0.1) is 0 Å². The number of unbranched alkanes of at least 4 members (excludes halogenated alkanes) is 13. The Labute approximate surface area is 362 Å². The number of rotatable bonds is 41. The van der Waals surface area contributed by atoms with Crippen LogP contribution in [0.1, 0.15) is 168 Å². The van der Waals surface area contributed by atoms with Crippen LogP contribution in [-0.4, -0.2) is 64.9 Å². The van der Waals surface area contributed by atoms with Gasteiger partial charge in [-0.25, -0.2) is 9.36 Å². The van der Waals surface area contributed by atoms with Crippen molar-refractivity contribution in [1.82, 2.24) is 5.32 Å². The van der Waals surface area contributed by atoms with E-state index in [0.717, 1.165) is 103 Å². The van der Waals surface area contributed by atoms with E-state index in [2.05, 4.69) is 104 Å². The highest BCUT2D eigenvalue weighted by Crippen LogP contribution is 2.43. The van der Waals surface area contributed by atoms with Crippen LogP contribution in [0.15, 0.2) is 85.1 Å². The molecule has 3 unspecified atom stereocenters. The number of hydrogen-bond donors (Lipinski definition) is 4. The molecule has 4 N–H and O–H groups in total. The summed E-state index contributed by atoms with van der Waals surface area (Å²) in [6.45, 7) is 2.40. The second-order valence-corrected chi connectivity index (χ2v) is 16.3. The summed E-state index contributed by atoms with van der Waals surface area (Å²) in [5.74, 6) is -2.43. The Morgan fingerprint density at radius 2 is 0.967 bits per heavy atom. The lowest BCUT2D eigenvalue weighted by Gasteiger charge is -2.18. The highest BCUT2D eigenvalue weighted by Gasteiger charge is 2.28. The number of carbonyl (C=O) groups is 3. The summed E-state index contributed by atoms with van der Waals surface area (Å²) in [5, 5.41) is 21.8. The zero-order chi connectivity index (χ0) is 44.2. The molecule has 0 saturated heterocycles. The maximum absolute atomic E-state index is 12.3. The number of hydrogen-bond acceptors (Lipinski definition) is 8. The van der Waals surface area contributed by atoms with Gasteiger partial charge in [0, 0.05) is 12.8 Å². The number of allylic oxidation sites excluding steroid dienone is 14. The lowest BCUT2D eigenvalue weighted by Crippen LogP contribution is -2.43. The van der Waals surface area contributed by atoms with Gasteiger partial charge < -0.3 is 25.2 Å². The van der Waals surface area contributed by atoms with E-state index >= 15 is 0 Å². The van der Waals surface area contributed by atoms with Gasteiger partial charge in [0.05, 0.1) is 13.2 Å². The van der Waals surface area contributed by atoms with E-state index in [-0.39, 0.29) is 12.8 Å². The van der Waals surface area contributed by atoms with E-state index < -0.39 is 57.6 Å². The fourth-order valence-electron chi connectivity index (χ4n) is 5.66. The van der Waals surface area contributed by atoms with Crippen LogP contribution in [0.5, 0.6) is 0 Å². The van der Waals surface area contributed by atoms with Crippen molar-refractivity contribution in [1.29, 1.82) is 0 Å². The number of nitrogens with one attached hydrogen (secondary N) is 1. The zero-order valence-electron chi connectivity index (χ0n) is 37.0. The topological polar surface area (TPSA) is 169 Å². The van der Waals surface area contributed by atoms with Gasteiger partial charge in [-0.15, -0.1) is 0 Å². The minimum Gasteiger partial charge on any atom is -0.480 e. The first-order valence-electron chi connectivity index (χ1n) is 22.6. The summed E-state index contributed by atoms with van der Waals surface area (Å²) in [7, 11) is -4.77. The smallest absolute Gasteiger partial charge is 0.472 e. The van der Waals surface area contributed by atoms with E-state index in [0.29, 0.717) is 12.8 Å². The number of esters is 1. The number of phosphoric ester groups is 1. The van der Waals surface area contributed by atoms with Gasteiger partial charge in [-0.3, -0.25) is 18.6 Å². The summed E-state index contributed by atoms with van der Waals surface area (Å²) in [6.07, 6.45) is 51.7. The van der Waals surface area contributed by atoms with Gasteiger partial charge in [0.1, 0.15) is 12.7 Å². The van der Waals surface area contributed by atoms with Gasteiger partial charge in [0.15, 0.2) is 6.04 Å². The molecule has 0 aliphatic carbocycles. The van der Waals surface area contributed by atoms with Crippen molar-refractivity contribution >= 4 is 25.7 Å². The highest BCUT2D eigenvalue weighted by molar-refractivity contribution is 7.47. The van der Waals surface area contributed by atoms with E-state index in [1.54, 1.807) is 0 Å². The van der Waals surface area contributed by atoms with Crippen molar-refractivity contribution < 1.29 is 47.8 Å². The molecule has 11 nitrogen and oxygen atoms in total. The van der Waals surface area contributed by atoms with E-state index in [1.807, 2.05) is 0 Å². The molecule has 0 rings (SSSR count). The number of phosphoric acid groups is 1. The molecule has 12 heteroatoms. The number of ether oxygens (including phenoxy) is 1. The Kier molecular flexibility index (Phi) is 40.0. The lowest BCUT2D eigenvalue weighted by molar-refractivity contribution is -0.147. The molecule has 0 fully saturated rings. The Bertz CT molecular complexity index is 1340. The molecule has 0 heterocycles. The van der Waals surface area contributed by atoms with Gasteiger partial charge >= 0.3 is 19.8 Å². The number of carboxylic acid groups (broad SMARTS) is 1. The Morgan fingerprint density at radius 1 is 0.550 bits per heavy atom. The van der Waals surface area contributed by atoms with Crippen LogP contribution in [0.3, 0.4) is 0 Å². The first-order valence-corrected chi connectivity index (χ1v) is 24.1. The normalized spacial score (nSPS) is 14.5. The van der Waals surface area contributed by atoms with E-state index in [9.17, 15) is 34.1 Å². The molecule has 3 atom stereocenters. The molecule has 1 amide bonds. The molecule has 0 aromatic heterocycles. The Balaban J connectivity index is 3.97. The van der Waals surface area contributed by atoms with E-state index in [1.165, 1.54) is 25.7 Å². The molecule has 342 valence electrons. The second kappa shape index (κ2) is 42.4. The molecule has 0 bridgehead atoms. The second-order valence-electron chi connectivity index (χ2n) is 14.9. The van der Waals surface area contributed by atoms with Crippen molar-refractivity contribution in [2.75, 3.05) is 19.8 Å². The van der Waals surface area contributed by atoms with Crippen molar-refractivity contribution in [3.05, 3.63) is 85.1 Å². The third-order valence-corrected chi connectivity index (χ3v) is 10.1. The molecule has 0 saturated carbocycles. The summed E-state index contributed by atoms with van der Waals surface area (Å²) in [5.41, 5.74) is 0. The predicted molar refractivity (Wildman–Crippen MR) is 244 cm³/mol. The number of aliphatic hydroxyl groups excluding tert-OH is 1. The van der Waals surface area contributed by atoms with Crippen LogP contribution >= 0.6 is 7.82 Å². The molecule has 0 aromatic rings. The molecule has 60 heavy (non-hydrogen) atoms.